The summed E-state index contributed by atoms with van der Waals surface area (Å²) in [5.41, 5.74) is 1.53. The molecule has 0 bridgehead atoms. The van der Waals surface area contributed by atoms with E-state index in [4.69, 9.17) is 4.74 Å². The van der Waals surface area contributed by atoms with E-state index < -0.39 is 17.5 Å². The lowest BCUT2D eigenvalue weighted by molar-refractivity contribution is -0.138. The van der Waals surface area contributed by atoms with E-state index in [2.05, 4.69) is 10.2 Å². The first-order chi connectivity index (χ1) is 17.4. The van der Waals surface area contributed by atoms with Gasteiger partial charge in [-0.15, -0.1) is 0 Å². The first-order valence-corrected chi connectivity index (χ1v) is 12.1. The van der Waals surface area contributed by atoms with Gasteiger partial charge >= 0.3 is 6.03 Å². The van der Waals surface area contributed by atoms with Crippen LogP contribution in [0.3, 0.4) is 0 Å². The third kappa shape index (κ3) is 4.40. The van der Waals surface area contributed by atoms with Crippen LogP contribution in [0.5, 0.6) is 0 Å². The number of para-hydroxylation sites is 1. The zero-order valence-electron chi connectivity index (χ0n) is 20.6. The molecule has 3 aromatic carbocycles. The summed E-state index contributed by atoms with van der Waals surface area (Å²) in [6.07, 6.45) is 0. The van der Waals surface area contributed by atoms with Gasteiger partial charge in [-0.05, 0) is 41.0 Å². The Balaban J connectivity index is 1.30. The second-order valence-electron chi connectivity index (χ2n) is 9.49. The molecular weight excluding hydrogens is 456 g/mol. The Morgan fingerprint density at radius 1 is 1.00 bits per heavy atom. The predicted octanol–water partition coefficient (Wildman–Crippen LogP) is 3.10. The molecule has 5 rings (SSSR count). The van der Waals surface area contributed by atoms with Gasteiger partial charge in [-0.3, -0.25) is 14.5 Å². The number of anilines is 1. The molecule has 8 heteroatoms. The van der Waals surface area contributed by atoms with Crippen LogP contribution >= 0.6 is 0 Å². The fourth-order valence-electron chi connectivity index (χ4n) is 4.89. The third-order valence-corrected chi connectivity index (χ3v) is 7.07. The first kappa shape index (κ1) is 23.8. The monoisotopic (exact) mass is 486 g/mol. The maximum absolute atomic E-state index is 13.4. The van der Waals surface area contributed by atoms with Gasteiger partial charge in [0.25, 0.3) is 5.91 Å². The maximum atomic E-state index is 13.4. The molecule has 186 valence electrons. The van der Waals surface area contributed by atoms with E-state index in [1.165, 1.54) is 0 Å². The van der Waals surface area contributed by atoms with Crippen LogP contribution in [0.1, 0.15) is 18.1 Å². The van der Waals surface area contributed by atoms with Crippen molar-refractivity contribution < 1.29 is 19.1 Å². The number of fused-ring (bicyclic) bond motifs is 1. The fourth-order valence-corrected chi connectivity index (χ4v) is 4.89. The van der Waals surface area contributed by atoms with Gasteiger partial charge in [0.05, 0.1) is 13.2 Å². The maximum Gasteiger partial charge on any atom is 0.325 e. The molecule has 4 amide bonds. The van der Waals surface area contributed by atoms with Crippen molar-refractivity contribution in [1.29, 1.82) is 0 Å². The average Bonchev–Trinajstić information content (AvgIpc) is 3.12. The number of rotatable bonds is 6. The van der Waals surface area contributed by atoms with E-state index in [1.807, 2.05) is 66.7 Å². The van der Waals surface area contributed by atoms with Crippen molar-refractivity contribution in [2.45, 2.75) is 19.0 Å². The number of carbonyl (C=O) groups excluding carboxylic acids is 3. The van der Waals surface area contributed by atoms with Crippen molar-refractivity contribution >= 4 is 34.3 Å². The first-order valence-electron chi connectivity index (χ1n) is 12.1. The number of amides is 4. The minimum absolute atomic E-state index is 0.307. The number of hydrogen-bond donors (Lipinski definition) is 1. The van der Waals surface area contributed by atoms with Crippen molar-refractivity contribution in [2.75, 3.05) is 44.8 Å². The molecule has 0 aromatic heterocycles. The highest BCUT2D eigenvalue weighted by Crippen LogP contribution is 2.31. The quantitative estimate of drug-likeness (QED) is 0.542. The van der Waals surface area contributed by atoms with Gasteiger partial charge in [-0.25, -0.2) is 4.79 Å². The van der Waals surface area contributed by atoms with Gasteiger partial charge in [-0.2, -0.15) is 0 Å². The Bertz CT molecular complexity index is 1320. The summed E-state index contributed by atoms with van der Waals surface area (Å²) < 4.78 is 5.46. The van der Waals surface area contributed by atoms with Gasteiger partial charge in [0.2, 0.25) is 5.91 Å². The van der Waals surface area contributed by atoms with Crippen molar-refractivity contribution in [3.05, 3.63) is 77.9 Å². The Morgan fingerprint density at radius 2 is 1.69 bits per heavy atom. The van der Waals surface area contributed by atoms with Gasteiger partial charge < -0.3 is 19.9 Å². The molecule has 36 heavy (non-hydrogen) atoms. The number of morpholine rings is 1. The predicted molar refractivity (Wildman–Crippen MR) is 137 cm³/mol. The number of hydrogen-bond acceptors (Lipinski definition) is 5. The number of imide groups is 1. The molecule has 3 aromatic rings. The van der Waals surface area contributed by atoms with Crippen LogP contribution in [0.4, 0.5) is 10.5 Å². The number of carbonyl (C=O) groups is 3. The van der Waals surface area contributed by atoms with Crippen molar-refractivity contribution in [2.24, 2.45) is 0 Å². The summed E-state index contributed by atoms with van der Waals surface area (Å²) in [5.74, 6) is -0.740. The minimum atomic E-state index is -1.23. The molecule has 1 atom stereocenters. The molecule has 2 heterocycles. The molecular formula is C28H30N4O4. The Kier molecular flexibility index (Phi) is 6.36. The highest BCUT2D eigenvalue weighted by atomic mass is 16.5. The van der Waals surface area contributed by atoms with E-state index in [0.717, 1.165) is 40.0 Å². The van der Waals surface area contributed by atoms with Gasteiger partial charge in [-0.1, -0.05) is 54.6 Å². The SMILES string of the molecule is CN(Cc1ccccc1N1CCOCC1)C(=O)CN1C(=O)N[C@@](C)(c2ccc3ccccc3c2)C1=O. The molecule has 2 aliphatic rings. The van der Waals surface area contributed by atoms with Gasteiger partial charge in [0.1, 0.15) is 12.1 Å². The molecule has 0 unspecified atom stereocenters. The number of nitrogens with one attached hydrogen (secondary N) is 1. The second kappa shape index (κ2) is 9.62. The van der Waals surface area contributed by atoms with E-state index in [9.17, 15) is 14.4 Å². The Hall–Kier alpha value is -3.91. The van der Waals surface area contributed by atoms with Gasteiger partial charge in [0, 0.05) is 32.4 Å². The zero-order valence-corrected chi connectivity index (χ0v) is 20.6. The smallest absolute Gasteiger partial charge is 0.325 e. The lowest BCUT2D eigenvalue weighted by Crippen LogP contribution is -2.43. The molecule has 0 radical (unpaired) electrons. The summed E-state index contributed by atoms with van der Waals surface area (Å²) in [4.78, 5) is 44.2. The van der Waals surface area contributed by atoms with Crippen LogP contribution in [0.2, 0.25) is 0 Å². The normalized spacial score (nSPS) is 20.1. The summed E-state index contributed by atoms with van der Waals surface area (Å²) in [5, 5.41) is 4.83. The lowest BCUT2D eigenvalue weighted by atomic mass is 9.90. The summed E-state index contributed by atoms with van der Waals surface area (Å²) in [7, 11) is 1.69. The van der Waals surface area contributed by atoms with Crippen LogP contribution in [0.15, 0.2) is 66.7 Å². The molecule has 0 spiro atoms. The van der Waals surface area contributed by atoms with E-state index >= 15 is 0 Å². The molecule has 8 nitrogen and oxygen atoms in total. The van der Waals surface area contributed by atoms with E-state index in [1.54, 1.807) is 18.9 Å². The number of urea groups is 1. The molecule has 1 N–H and O–H groups in total. The topological polar surface area (TPSA) is 82.2 Å². The van der Waals surface area contributed by atoms with Crippen LogP contribution in [0, 0.1) is 0 Å². The standard InChI is InChI=1S/C28H30N4O4/c1-28(23-12-11-20-7-3-4-8-21(20)17-23)26(34)32(27(35)29-28)19-25(33)30(2)18-22-9-5-6-10-24(22)31-13-15-36-16-14-31/h3-12,17H,13-16,18-19H2,1-2H3,(H,29,35)/t28-/m0/s1. The highest BCUT2D eigenvalue weighted by molar-refractivity contribution is 6.09. The minimum Gasteiger partial charge on any atom is -0.378 e. The average molecular weight is 487 g/mol. The zero-order chi connectivity index (χ0) is 25.3. The molecule has 2 fully saturated rings. The summed E-state index contributed by atoms with van der Waals surface area (Å²) in [6, 6.07) is 21.0. The lowest BCUT2D eigenvalue weighted by Gasteiger charge is -2.31. The molecule has 0 aliphatic carbocycles. The number of nitrogens with zero attached hydrogens (tertiary/aromatic N) is 3. The molecule has 2 saturated heterocycles. The largest absolute Gasteiger partial charge is 0.378 e. The second-order valence-corrected chi connectivity index (χ2v) is 9.49. The van der Waals surface area contributed by atoms with Crippen LogP contribution in [-0.2, 0) is 26.4 Å². The van der Waals surface area contributed by atoms with Crippen LogP contribution < -0.4 is 10.2 Å². The van der Waals surface area contributed by atoms with Crippen molar-refractivity contribution in [3.63, 3.8) is 0 Å². The van der Waals surface area contributed by atoms with Crippen molar-refractivity contribution in [1.82, 2.24) is 15.1 Å². The van der Waals surface area contributed by atoms with Crippen LogP contribution in [-0.4, -0.2) is 67.5 Å². The highest BCUT2D eigenvalue weighted by Gasteiger charge is 2.49. The van der Waals surface area contributed by atoms with E-state index in [-0.39, 0.29) is 12.5 Å². The fraction of sp³-hybridized carbons (Fsp3) is 0.321. The third-order valence-electron chi connectivity index (χ3n) is 7.07. The van der Waals surface area contributed by atoms with E-state index in [0.29, 0.717) is 25.3 Å². The van der Waals surface area contributed by atoms with Crippen LogP contribution in [0.25, 0.3) is 10.8 Å². The number of likely N-dealkylation sites (N-methyl/N-ethyl adjacent to an activating group) is 1. The Morgan fingerprint density at radius 3 is 2.47 bits per heavy atom. The summed E-state index contributed by atoms with van der Waals surface area (Å²) in [6.45, 7) is 4.68. The van der Waals surface area contributed by atoms with Crippen molar-refractivity contribution in [3.8, 4) is 0 Å². The molecule has 0 saturated carbocycles. The molecule has 2 aliphatic heterocycles. The number of ether oxygens (including phenoxy) is 1. The summed E-state index contributed by atoms with van der Waals surface area (Å²) >= 11 is 0. The number of benzene rings is 3. The van der Waals surface area contributed by atoms with Gasteiger partial charge in [0.15, 0.2) is 0 Å². The Labute approximate surface area is 210 Å².